The third-order valence-corrected chi connectivity index (χ3v) is 2.74. The van der Waals surface area contributed by atoms with Crippen molar-refractivity contribution in [1.29, 1.82) is 0 Å². The fourth-order valence-corrected chi connectivity index (χ4v) is 1.84. The highest BCUT2D eigenvalue weighted by atomic mass is 35.5. The van der Waals surface area contributed by atoms with Crippen LogP contribution in [-0.4, -0.2) is 23.2 Å². The highest BCUT2D eigenvalue weighted by molar-refractivity contribution is 6.30. The van der Waals surface area contributed by atoms with Gasteiger partial charge >= 0.3 is 0 Å². The third kappa shape index (κ3) is 5.85. The molecule has 0 aromatic heterocycles. The number of aliphatic hydroxyl groups excluding tert-OH is 1. The van der Waals surface area contributed by atoms with Crippen molar-refractivity contribution in [2.75, 3.05) is 0 Å². The molecule has 2 unspecified atom stereocenters. The van der Waals surface area contributed by atoms with Crippen molar-refractivity contribution in [2.45, 2.75) is 32.4 Å². The number of carbonyl (C=O) groups is 1. The molecule has 0 radical (unpaired) electrons. The van der Waals surface area contributed by atoms with Crippen molar-refractivity contribution < 1.29 is 14.3 Å². The summed E-state index contributed by atoms with van der Waals surface area (Å²) >= 11 is 5.63. The summed E-state index contributed by atoms with van der Waals surface area (Å²) < 4.78 is 12.9. The summed E-state index contributed by atoms with van der Waals surface area (Å²) in [7, 11) is 0. The molecule has 2 atom stereocenters. The molecule has 0 fully saturated rings. The number of benzene rings is 1. The van der Waals surface area contributed by atoms with Crippen molar-refractivity contribution in [3.05, 3.63) is 40.7 Å². The van der Waals surface area contributed by atoms with Gasteiger partial charge in [0.25, 0.3) is 0 Å². The molecule has 0 heterocycles. The van der Waals surface area contributed by atoms with Crippen LogP contribution in [0.4, 0.5) is 4.39 Å². The minimum atomic E-state index is -0.492. The van der Waals surface area contributed by atoms with E-state index < -0.39 is 11.9 Å². The van der Waals surface area contributed by atoms with Crippen molar-refractivity contribution in [3.63, 3.8) is 0 Å². The van der Waals surface area contributed by atoms with E-state index in [9.17, 15) is 14.3 Å². The van der Waals surface area contributed by atoms with Crippen LogP contribution >= 0.6 is 11.6 Å². The van der Waals surface area contributed by atoms with Crippen LogP contribution < -0.4 is 5.32 Å². The Morgan fingerprint density at radius 2 is 2.21 bits per heavy atom. The summed E-state index contributed by atoms with van der Waals surface area (Å²) in [6.45, 7) is 3.48. The van der Waals surface area contributed by atoms with Gasteiger partial charge in [0.05, 0.1) is 11.1 Å². The molecule has 1 rings (SSSR count). The zero-order valence-corrected chi connectivity index (χ0v) is 11.6. The van der Waals surface area contributed by atoms with E-state index in [1.54, 1.807) is 13.0 Å². The van der Waals surface area contributed by atoms with Crippen molar-refractivity contribution in [3.8, 4) is 0 Å². The lowest BCUT2D eigenvalue weighted by Crippen LogP contribution is -2.33. The molecular weight excluding hydrogens is 269 g/mol. The first-order valence-electron chi connectivity index (χ1n) is 6.00. The molecule has 0 aliphatic carbocycles. The first-order chi connectivity index (χ1) is 8.88. The molecule has 0 aliphatic heterocycles. The van der Waals surface area contributed by atoms with Gasteiger partial charge in [0.15, 0.2) is 0 Å². The van der Waals surface area contributed by atoms with Crippen molar-refractivity contribution in [2.24, 2.45) is 0 Å². The second kappa shape index (κ2) is 7.26. The average Bonchev–Trinajstić information content (AvgIpc) is 2.29. The SMILES string of the molecule is CC(O)CC(C)NC(=O)/C=C/c1ccc(F)c(Cl)c1. The largest absolute Gasteiger partial charge is 0.393 e. The number of halogens is 2. The van der Waals surface area contributed by atoms with Crippen LogP contribution in [0, 0.1) is 5.82 Å². The van der Waals surface area contributed by atoms with E-state index in [1.165, 1.54) is 24.3 Å². The number of aliphatic hydroxyl groups is 1. The van der Waals surface area contributed by atoms with Gasteiger partial charge in [-0.15, -0.1) is 0 Å². The number of hydrogen-bond donors (Lipinski definition) is 2. The van der Waals surface area contributed by atoms with Crippen LogP contribution in [0.25, 0.3) is 6.08 Å². The first-order valence-corrected chi connectivity index (χ1v) is 6.38. The normalized spacial score (nSPS) is 14.4. The van der Waals surface area contributed by atoms with Gasteiger partial charge in [-0.1, -0.05) is 17.7 Å². The summed E-state index contributed by atoms with van der Waals surface area (Å²) in [4.78, 5) is 11.6. The zero-order valence-electron chi connectivity index (χ0n) is 10.9. The number of hydrogen-bond acceptors (Lipinski definition) is 2. The summed E-state index contributed by atoms with van der Waals surface area (Å²) in [5.74, 6) is -0.762. The van der Waals surface area contributed by atoms with E-state index in [4.69, 9.17) is 11.6 Å². The molecule has 0 bridgehead atoms. The van der Waals surface area contributed by atoms with Crippen molar-refractivity contribution >= 4 is 23.6 Å². The van der Waals surface area contributed by atoms with E-state index in [0.29, 0.717) is 12.0 Å². The standard InChI is InChI=1S/C14H17ClFNO2/c1-9(7-10(2)18)17-14(19)6-4-11-3-5-13(16)12(15)8-11/h3-6,8-10,18H,7H2,1-2H3,(H,17,19)/b6-4+. The van der Waals surface area contributed by atoms with E-state index in [1.807, 2.05) is 6.92 Å². The lowest BCUT2D eigenvalue weighted by Gasteiger charge is -2.13. The van der Waals surface area contributed by atoms with Crippen LogP contribution in [0.3, 0.4) is 0 Å². The quantitative estimate of drug-likeness (QED) is 0.817. The maximum Gasteiger partial charge on any atom is 0.244 e. The van der Waals surface area contributed by atoms with Gasteiger partial charge in [0.1, 0.15) is 5.82 Å². The van der Waals surface area contributed by atoms with Crippen LogP contribution in [0.5, 0.6) is 0 Å². The van der Waals surface area contributed by atoms with E-state index in [0.717, 1.165) is 0 Å². The molecule has 1 amide bonds. The molecule has 104 valence electrons. The van der Waals surface area contributed by atoms with Crippen molar-refractivity contribution in [1.82, 2.24) is 5.32 Å². The van der Waals surface area contributed by atoms with Gasteiger partial charge in [0.2, 0.25) is 5.91 Å². The topological polar surface area (TPSA) is 49.3 Å². The Morgan fingerprint density at radius 3 is 2.79 bits per heavy atom. The fraction of sp³-hybridized carbons (Fsp3) is 0.357. The molecule has 1 aromatic carbocycles. The molecule has 0 aliphatic rings. The molecule has 2 N–H and O–H groups in total. The molecule has 19 heavy (non-hydrogen) atoms. The van der Waals surface area contributed by atoms with Gasteiger partial charge < -0.3 is 10.4 Å². The minimum Gasteiger partial charge on any atom is -0.393 e. The van der Waals surface area contributed by atoms with E-state index in [2.05, 4.69) is 5.32 Å². The van der Waals surface area contributed by atoms with Crippen LogP contribution in [0.1, 0.15) is 25.8 Å². The molecule has 3 nitrogen and oxygen atoms in total. The van der Waals surface area contributed by atoms with Gasteiger partial charge in [-0.05, 0) is 44.0 Å². The monoisotopic (exact) mass is 285 g/mol. The summed E-state index contributed by atoms with van der Waals surface area (Å²) in [5, 5.41) is 11.9. The number of nitrogens with one attached hydrogen (secondary N) is 1. The first kappa shape index (κ1) is 15.7. The summed E-state index contributed by atoms with van der Waals surface area (Å²) in [6.07, 6.45) is 2.93. The van der Waals surface area contributed by atoms with Gasteiger partial charge in [-0.2, -0.15) is 0 Å². The Labute approximate surface area is 117 Å². The molecule has 0 saturated carbocycles. The summed E-state index contributed by atoms with van der Waals surface area (Å²) in [5.41, 5.74) is 0.643. The minimum absolute atomic E-state index is 0.0185. The Kier molecular flexibility index (Phi) is 5.99. The van der Waals surface area contributed by atoms with Gasteiger partial charge in [-0.25, -0.2) is 4.39 Å². The van der Waals surface area contributed by atoms with Crippen LogP contribution in [-0.2, 0) is 4.79 Å². The smallest absolute Gasteiger partial charge is 0.244 e. The number of carbonyl (C=O) groups excluding carboxylic acids is 1. The highest BCUT2D eigenvalue weighted by Gasteiger charge is 2.07. The lowest BCUT2D eigenvalue weighted by atomic mass is 10.1. The molecule has 0 saturated heterocycles. The van der Waals surface area contributed by atoms with E-state index >= 15 is 0 Å². The summed E-state index contributed by atoms with van der Waals surface area (Å²) in [6, 6.07) is 4.11. The second-order valence-electron chi connectivity index (χ2n) is 4.50. The molecule has 0 spiro atoms. The van der Waals surface area contributed by atoms with Gasteiger partial charge in [-0.3, -0.25) is 4.79 Å². The van der Waals surface area contributed by atoms with E-state index in [-0.39, 0.29) is 17.0 Å². The molecule has 5 heteroatoms. The fourth-order valence-electron chi connectivity index (χ4n) is 1.65. The maximum atomic E-state index is 12.9. The highest BCUT2D eigenvalue weighted by Crippen LogP contribution is 2.16. The number of amides is 1. The molecule has 1 aromatic rings. The van der Waals surface area contributed by atoms with Crippen LogP contribution in [0.15, 0.2) is 24.3 Å². The Bertz CT molecular complexity index is 475. The zero-order chi connectivity index (χ0) is 14.4. The third-order valence-electron chi connectivity index (χ3n) is 2.45. The second-order valence-corrected chi connectivity index (χ2v) is 4.91. The Hall–Kier alpha value is -1.39. The Morgan fingerprint density at radius 1 is 1.53 bits per heavy atom. The van der Waals surface area contributed by atoms with Gasteiger partial charge in [0, 0.05) is 12.1 Å². The lowest BCUT2D eigenvalue weighted by molar-refractivity contribution is -0.117. The van der Waals surface area contributed by atoms with Crippen LogP contribution in [0.2, 0.25) is 5.02 Å². The number of rotatable bonds is 5. The predicted molar refractivity (Wildman–Crippen MR) is 74.3 cm³/mol. The Balaban J connectivity index is 2.56. The average molecular weight is 286 g/mol. The predicted octanol–water partition coefficient (Wildman–Crippen LogP) is 2.77. The maximum absolute atomic E-state index is 12.9. The molecular formula is C14H17ClFNO2.